The van der Waals surface area contributed by atoms with E-state index in [2.05, 4.69) is 10.6 Å². The van der Waals surface area contributed by atoms with E-state index in [1.807, 2.05) is 0 Å². The van der Waals surface area contributed by atoms with Crippen molar-refractivity contribution in [1.29, 1.82) is 0 Å². The van der Waals surface area contributed by atoms with Gasteiger partial charge in [0.25, 0.3) is 11.8 Å². The van der Waals surface area contributed by atoms with Gasteiger partial charge in [0.2, 0.25) is 6.10 Å². The highest BCUT2D eigenvalue weighted by Crippen LogP contribution is 2.27. The van der Waals surface area contributed by atoms with E-state index in [1.54, 1.807) is 54.6 Å². The average Bonchev–Trinajstić information content (AvgIpc) is 3.38. The van der Waals surface area contributed by atoms with Gasteiger partial charge in [0, 0.05) is 21.3 Å². The highest BCUT2D eigenvalue weighted by Gasteiger charge is 2.27. The van der Waals surface area contributed by atoms with E-state index in [0.717, 1.165) is 0 Å². The predicted octanol–water partition coefficient (Wildman–Crippen LogP) is 6.38. The molecule has 3 aromatic carbocycles. The van der Waals surface area contributed by atoms with Crippen molar-refractivity contribution < 1.29 is 23.5 Å². The lowest BCUT2D eigenvalue weighted by molar-refractivity contribution is -0.125. The number of nitrogens with one attached hydrogen (secondary N) is 2. The van der Waals surface area contributed by atoms with Gasteiger partial charge < -0.3 is 19.8 Å². The molecule has 2 N–H and O–H groups in total. The fraction of sp³-hybridized carbons (Fsp3) is 0.0385. The summed E-state index contributed by atoms with van der Waals surface area (Å²) in [4.78, 5) is 38.7. The zero-order valence-corrected chi connectivity index (χ0v) is 19.5. The van der Waals surface area contributed by atoms with Crippen LogP contribution in [0, 0.1) is 0 Å². The Balaban J connectivity index is 1.59. The van der Waals surface area contributed by atoms with Crippen LogP contribution in [0.3, 0.4) is 0 Å². The second-order valence-corrected chi connectivity index (χ2v) is 8.19. The lowest BCUT2D eigenvalue weighted by Gasteiger charge is -2.19. The Labute approximate surface area is 210 Å². The minimum Gasteiger partial charge on any atom is -0.459 e. The third kappa shape index (κ3) is 6.09. The number of amides is 2. The normalized spacial score (nSPS) is 11.4. The summed E-state index contributed by atoms with van der Waals surface area (Å²) in [6, 6.07) is 22.5. The molecule has 4 aromatic rings. The van der Waals surface area contributed by atoms with Crippen LogP contribution in [-0.2, 0) is 9.53 Å². The topological polar surface area (TPSA) is 97.6 Å². The number of rotatable bonds is 7. The van der Waals surface area contributed by atoms with Gasteiger partial charge in [-0.3, -0.25) is 9.59 Å². The summed E-state index contributed by atoms with van der Waals surface area (Å²) in [5.74, 6) is -1.88. The standard InChI is InChI=1S/C26H18Cl2N2O5/c27-17-13-18(28)15-19(14-17)29-25(32)23(16-7-2-1-3-8-16)35-26(33)20-9-4-5-10-21(20)30-24(31)22-11-6-12-34-22/h1-15,23H,(H,29,32)(H,30,31)/t23-/m1/s1. The van der Waals surface area contributed by atoms with Crippen LogP contribution in [0.25, 0.3) is 0 Å². The monoisotopic (exact) mass is 508 g/mol. The van der Waals surface area contributed by atoms with Gasteiger partial charge in [0.15, 0.2) is 5.76 Å². The molecular formula is C26H18Cl2N2O5. The molecule has 4 rings (SSSR count). The highest BCUT2D eigenvalue weighted by molar-refractivity contribution is 6.35. The molecule has 0 saturated carbocycles. The first-order chi connectivity index (χ1) is 16.9. The third-order valence-corrected chi connectivity index (χ3v) is 5.27. The van der Waals surface area contributed by atoms with Crippen LogP contribution in [0.1, 0.15) is 32.6 Å². The number of halogens is 2. The van der Waals surface area contributed by atoms with Gasteiger partial charge in [0.05, 0.1) is 17.5 Å². The van der Waals surface area contributed by atoms with Crippen molar-refractivity contribution in [3.63, 3.8) is 0 Å². The summed E-state index contributed by atoms with van der Waals surface area (Å²) in [5, 5.41) is 5.97. The van der Waals surface area contributed by atoms with Crippen LogP contribution >= 0.6 is 23.2 Å². The van der Waals surface area contributed by atoms with Crippen molar-refractivity contribution >= 4 is 52.4 Å². The van der Waals surface area contributed by atoms with E-state index in [-0.39, 0.29) is 17.0 Å². The largest absolute Gasteiger partial charge is 0.459 e. The molecule has 1 heterocycles. The Morgan fingerprint density at radius 3 is 2.17 bits per heavy atom. The molecule has 2 amide bonds. The number of esters is 1. The van der Waals surface area contributed by atoms with E-state index >= 15 is 0 Å². The zero-order chi connectivity index (χ0) is 24.8. The second kappa shape index (κ2) is 10.9. The molecule has 0 unspecified atom stereocenters. The molecule has 0 bridgehead atoms. The van der Waals surface area contributed by atoms with E-state index < -0.39 is 23.9 Å². The van der Waals surface area contributed by atoms with Crippen molar-refractivity contribution in [3.05, 3.63) is 118 Å². The van der Waals surface area contributed by atoms with Crippen LogP contribution < -0.4 is 10.6 Å². The van der Waals surface area contributed by atoms with Gasteiger partial charge in [0.1, 0.15) is 0 Å². The summed E-state index contributed by atoms with van der Waals surface area (Å²) in [6.45, 7) is 0. The van der Waals surface area contributed by atoms with Gasteiger partial charge in [-0.05, 0) is 42.5 Å². The predicted molar refractivity (Wildman–Crippen MR) is 133 cm³/mol. The first-order valence-corrected chi connectivity index (χ1v) is 11.1. The maximum atomic E-state index is 13.2. The molecule has 0 saturated heterocycles. The molecule has 1 atom stereocenters. The number of para-hydroxylation sites is 1. The average molecular weight is 509 g/mol. The van der Waals surface area contributed by atoms with E-state index in [1.165, 1.54) is 36.6 Å². The fourth-order valence-electron chi connectivity index (χ4n) is 3.27. The van der Waals surface area contributed by atoms with E-state index in [9.17, 15) is 14.4 Å². The molecule has 0 fully saturated rings. The first-order valence-electron chi connectivity index (χ1n) is 10.4. The molecule has 0 radical (unpaired) electrons. The SMILES string of the molecule is O=C(Nc1ccccc1C(=O)O[C@@H](C(=O)Nc1cc(Cl)cc(Cl)c1)c1ccccc1)c1ccco1. The molecule has 0 spiro atoms. The van der Waals surface area contributed by atoms with Crippen LogP contribution in [0.15, 0.2) is 95.6 Å². The molecule has 176 valence electrons. The van der Waals surface area contributed by atoms with Crippen LogP contribution in [0.4, 0.5) is 11.4 Å². The van der Waals surface area contributed by atoms with Crippen molar-refractivity contribution in [2.75, 3.05) is 10.6 Å². The summed E-state index contributed by atoms with van der Waals surface area (Å²) in [5.41, 5.74) is 1.05. The van der Waals surface area contributed by atoms with Crippen molar-refractivity contribution in [2.45, 2.75) is 6.10 Å². The Morgan fingerprint density at radius 1 is 0.800 bits per heavy atom. The summed E-state index contributed by atoms with van der Waals surface area (Å²) in [7, 11) is 0. The maximum Gasteiger partial charge on any atom is 0.341 e. The number of carbonyl (C=O) groups is 3. The van der Waals surface area contributed by atoms with Crippen molar-refractivity contribution in [1.82, 2.24) is 0 Å². The van der Waals surface area contributed by atoms with E-state index in [4.69, 9.17) is 32.4 Å². The highest BCUT2D eigenvalue weighted by atomic mass is 35.5. The van der Waals surface area contributed by atoms with Crippen LogP contribution in [-0.4, -0.2) is 17.8 Å². The first kappa shape index (κ1) is 24.1. The Morgan fingerprint density at radius 2 is 1.49 bits per heavy atom. The van der Waals surface area contributed by atoms with Gasteiger partial charge in [-0.15, -0.1) is 0 Å². The Bertz CT molecular complexity index is 1340. The molecule has 0 aliphatic rings. The smallest absolute Gasteiger partial charge is 0.341 e. The molecule has 9 heteroatoms. The second-order valence-electron chi connectivity index (χ2n) is 7.32. The van der Waals surface area contributed by atoms with Gasteiger partial charge in [-0.25, -0.2) is 4.79 Å². The number of furan rings is 1. The van der Waals surface area contributed by atoms with Crippen molar-refractivity contribution in [2.24, 2.45) is 0 Å². The Kier molecular flexibility index (Phi) is 7.50. The minimum absolute atomic E-state index is 0.0620. The summed E-state index contributed by atoms with van der Waals surface area (Å²) >= 11 is 12.1. The summed E-state index contributed by atoms with van der Waals surface area (Å²) in [6.07, 6.45) is 0.0703. The number of anilines is 2. The number of ether oxygens (including phenoxy) is 1. The maximum absolute atomic E-state index is 13.2. The van der Waals surface area contributed by atoms with Crippen molar-refractivity contribution in [3.8, 4) is 0 Å². The van der Waals surface area contributed by atoms with Crippen LogP contribution in [0.5, 0.6) is 0 Å². The Hall–Kier alpha value is -4.07. The van der Waals surface area contributed by atoms with Gasteiger partial charge >= 0.3 is 5.97 Å². The molecule has 7 nitrogen and oxygen atoms in total. The number of benzene rings is 3. The number of hydrogen-bond acceptors (Lipinski definition) is 5. The fourth-order valence-corrected chi connectivity index (χ4v) is 3.79. The molecule has 35 heavy (non-hydrogen) atoms. The molecule has 0 aliphatic heterocycles. The van der Waals surface area contributed by atoms with Gasteiger partial charge in [-0.2, -0.15) is 0 Å². The van der Waals surface area contributed by atoms with E-state index in [0.29, 0.717) is 21.3 Å². The van der Waals surface area contributed by atoms with Gasteiger partial charge in [-0.1, -0.05) is 65.7 Å². The minimum atomic E-state index is -1.30. The summed E-state index contributed by atoms with van der Waals surface area (Å²) < 4.78 is 10.7. The molecule has 0 aliphatic carbocycles. The lowest BCUT2D eigenvalue weighted by Crippen LogP contribution is -2.26. The molecular weight excluding hydrogens is 491 g/mol. The number of hydrogen-bond donors (Lipinski definition) is 2. The lowest BCUT2D eigenvalue weighted by atomic mass is 10.1. The number of carbonyl (C=O) groups excluding carboxylic acids is 3. The zero-order valence-electron chi connectivity index (χ0n) is 18.0. The quantitative estimate of drug-likeness (QED) is 0.282. The molecule has 1 aromatic heterocycles. The third-order valence-electron chi connectivity index (χ3n) is 4.84. The van der Waals surface area contributed by atoms with Crippen LogP contribution in [0.2, 0.25) is 10.0 Å².